The molecule has 0 N–H and O–H groups in total. The summed E-state index contributed by atoms with van der Waals surface area (Å²) in [7, 11) is 0. The van der Waals surface area contributed by atoms with Crippen molar-refractivity contribution in [1.29, 1.82) is 0 Å². The number of ketones is 1. The summed E-state index contributed by atoms with van der Waals surface area (Å²) in [5, 5.41) is 11.5. The highest BCUT2D eigenvalue weighted by atomic mass is 16.6. The minimum atomic E-state index is -1.13. The van der Waals surface area contributed by atoms with Gasteiger partial charge in [-0.25, -0.2) is 4.79 Å². The van der Waals surface area contributed by atoms with Gasteiger partial charge in [0.25, 0.3) is 5.70 Å². The first kappa shape index (κ1) is 22.3. The van der Waals surface area contributed by atoms with Gasteiger partial charge < -0.3 is 19.3 Å². The van der Waals surface area contributed by atoms with E-state index in [2.05, 4.69) is 4.90 Å². The molecular formula is C21H31N3O6. The van der Waals surface area contributed by atoms with E-state index >= 15 is 0 Å². The van der Waals surface area contributed by atoms with Crippen LogP contribution >= 0.6 is 0 Å². The van der Waals surface area contributed by atoms with Gasteiger partial charge in [-0.05, 0) is 53.0 Å². The number of hydrogen-bond donors (Lipinski definition) is 0. The van der Waals surface area contributed by atoms with Gasteiger partial charge in [0.2, 0.25) is 6.10 Å². The Bertz CT molecular complexity index is 774. The second-order valence-corrected chi connectivity index (χ2v) is 9.37. The molecule has 1 saturated heterocycles. The summed E-state index contributed by atoms with van der Waals surface area (Å²) in [6.45, 7) is 10.7. The first-order valence-corrected chi connectivity index (χ1v) is 10.5. The molecular weight excluding hydrogens is 390 g/mol. The lowest BCUT2D eigenvalue weighted by Gasteiger charge is -2.37. The molecule has 1 amide bonds. The third-order valence-electron chi connectivity index (χ3n) is 5.50. The van der Waals surface area contributed by atoms with Gasteiger partial charge in [0.15, 0.2) is 5.78 Å². The number of carbonyl (C=O) groups is 2. The van der Waals surface area contributed by atoms with Gasteiger partial charge in [-0.2, -0.15) is 0 Å². The summed E-state index contributed by atoms with van der Waals surface area (Å²) in [6, 6.07) is 0.173. The molecule has 2 aliphatic heterocycles. The lowest BCUT2D eigenvalue weighted by molar-refractivity contribution is -0.436. The van der Waals surface area contributed by atoms with Crippen molar-refractivity contribution in [1.82, 2.24) is 9.80 Å². The molecule has 166 valence electrons. The average molecular weight is 421 g/mol. The number of ether oxygens (including phenoxy) is 2. The second kappa shape index (κ2) is 8.37. The molecule has 30 heavy (non-hydrogen) atoms. The summed E-state index contributed by atoms with van der Waals surface area (Å²) in [4.78, 5) is 40.0. The van der Waals surface area contributed by atoms with Gasteiger partial charge in [0, 0.05) is 38.0 Å². The number of hydrogen-bond acceptors (Lipinski definition) is 7. The topological polar surface area (TPSA) is 102 Å². The van der Waals surface area contributed by atoms with E-state index in [9.17, 15) is 19.7 Å². The van der Waals surface area contributed by atoms with Crippen LogP contribution in [0, 0.1) is 16.0 Å². The smallest absolute Gasteiger partial charge is 0.410 e. The van der Waals surface area contributed by atoms with E-state index in [1.807, 2.05) is 27.0 Å². The van der Waals surface area contributed by atoms with Crippen molar-refractivity contribution in [3.63, 3.8) is 0 Å². The van der Waals surface area contributed by atoms with Crippen LogP contribution in [-0.2, 0) is 14.3 Å². The third kappa shape index (κ3) is 4.83. The molecule has 0 aromatic heterocycles. The van der Waals surface area contributed by atoms with E-state index in [-0.39, 0.29) is 29.7 Å². The molecule has 3 rings (SSSR count). The highest BCUT2D eigenvalue weighted by Gasteiger charge is 2.46. The number of Topliss-reactive ketones (excluding diaryl/α,β-unsaturated/α-hetero) is 1. The standard InChI is InChI=1S/C21H31N3O6/c1-13(2)29-19-17(24(27)28)10-14-11-23(12-16(14)18(19)25)15-6-8-22(9-7-15)20(26)30-21(3,4)5/h10-11,13,15-16,19H,6-9,12H2,1-5H3. The predicted molar refractivity (Wildman–Crippen MR) is 109 cm³/mol. The number of fused-ring (bicyclic) bond motifs is 1. The van der Waals surface area contributed by atoms with Crippen LogP contribution in [0.15, 0.2) is 23.5 Å². The molecule has 0 saturated carbocycles. The number of likely N-dealkylation sites (tertiary alicyclic amines) is 1. The normalized spacial score (nSPS) is 25.2. The van der Waals surface area contributed by atoms with Crippen LogP contribution in [0.2, 0.25) is 0 Å². The zero-order valence-corrected chi connectivity index (χ0v) is 18.3. The van der Waals surface area contributed by atoms with E-state index in [0.717, 1.165) is 12.8 Å². The zero-order chi connectivity index (χ0) is 22.2. The molecule has 2 atom stereocenters. The Balaban J connectivity index is 1.66. The first-order chi connectivity index (χ1) is 14.0. The van der Waals surface area contributed by atoms with Crippen LogP contribution in [0.5, 0.6) is 0 Å². The van der Waals surface area contributed by atoms with Crippen molar-refractivity contribution in [2.75, 3.05) is 19.6 Å². The maximum Gasteiger partial charge on any atom is 0.410 e. The lowest BCUT2D eigenvalue weighted by Crippen LogP contribution is -2.47. The van der Waals surface area contributed by atoms with Gasteiger partial charge >= 0.3 is 6.09 Å². The molecule has 9 heteroatoms. The summed E-state index contributed by atoms with van der Waals surface area (Å²) >= 11 is 0. The first-order valence-electron chi connectivity index (χ1n) is 10.5. The summed E-state index contributed by atoms with van der Waals surface area (Å²) in [6.07, 6.45) is 3.14. The van der Waals surface area contributed by atoms with E-state index in [1.54, 1.807) is 18.7 Å². The molecule has 0 aromatic rings. The van der Waals surface area contributed by atoms with Gasteiger partial charge in [-0.15, -0.1) is 0 Å². The highest BCUT2D eigenvalue weighted by Crippen LogP contribution is 2.35. The molecule has 0 aromatic carbocycles. The van der Waals surface area contributed by atoms with E-state index in [0.29, 0.717) is 25.2 Å². The molecule has 3 aliphatic rings. The van der Waals surface area contributed by atoms with Crippen molar-refractivity contribution < 1.29 is 24.0 Å². The number of nitrogens with zero attached hydrogens (tertiary/aromatic N) is 3. The molecule has 0 radical (unpaired) electrons. The number of amides is 1. The van der Waals surface area contributed by atoms with E-state index < -0.39 is 22.5 Å². The summed E-state index contributed by atoms with van der Waals surface area (Å²) in [5.74, 6) is -0.667. The third-order valence-corrected chi connectivity index (χ3v) is 5.50. The van der Waals surface area contributed by atoms with Gasteiger partial charge in [0.1, 0.15) is 5.60 Å². The van der Waals surface area contributed by atoms with Gasteiger partial charge in [-0.1, -0.05) is 0 Å². The molecule has 0 spiro atoms. The Kier molecular flexibility index (Phi) is 6.21. The molecule has 0 bridgehead atoms. The Labute approximate surface area is 176 Å². The summed E-state index contributed by atoms with van der Waals surface area (Å²) in [5.41, 5.74) is -0.0541. The van der Waals surface area contributed by atoms with Crippen LogP contribution in [0.1, 0.15) is 47.5 Å². The zero-order valence-electron chi connectivity index (χ0n) is 18.3. The van der Waals surface area contributed by atoms with Crippen LogP contribution < -0.4 is 0 Å². The van der Waals surface area contributed by atoms with Crippen LogP contribution in [-0.4, -0.2) is 70.1 Å². The fourth-order valence-electron chi connectivity index (χ4n) is 4.14. The molecule has 9 nitrogen and oxygen atoms in total. The van der Waals surface area contributed by atoms with Crippen LogP contribution in [0.25, 0.3) is 0 Å². The summed E-state index contributed by atoms with van der Waals surface area (Å²) < 4.78 is 11.0. The van der Waals surface area contributed by atoms with Gasteiger partial charge in [0.05, 0.1) is 16.9 Å². The minimum Gasteiger partial charge on any atom is -0.444 e. The van der Waals surface area contributed by atoms with Crippen LogP contribution in [0.4, 0.5) is 4.79 Å². The second-order valence-electron chi connectivity index (χ2n) is 9.37. The minimum absolute atomic E-state index is 0.173. The van der Waals surface area contributed by atoms with Crippen molar-refractivity contribution in [2.45, 2.75) is 71.3 Å². The number of rotatable bonds is 4. The van der Waals surface area contributed by atoms with E-state index in [4.69, 9.17) is 9.47 Å². The van der Waals surface area contributed by atoms with E-state index in [1.165, 1.54) is 6.08 Å². The lowest BCUT2D eigenvalue weighted by atomic mass is 9.86. The largest absolute Gasteiger partial charge is 0.444 e. The Morgan fingerprint density at radius 3 is 2.43 bits per heavy atom. The molecule has 2 heterocycles. The van der Waals surface area contributed by atoms with Crippen molar-refractivity contribution in [3.05, 3.63) is 33.7 Å². The number of nitro groups is 1. The Hall–Kier alpha value is -2.42. The number of allylic oxidation sites excluding steroid dienone is 1. The maximum atomic E-state index is 13.0. The molecule has 2 unspecified atom stereocenters. The Morgan fingerprint density at radius 1 is 1.27 bits per heavy atom. The number of carbonyl (C=O) groups excluding carboxylic acids is 2. The van der Waals surface area contributed by atoms with Crippen molar-refractivity contribution >= 4 is 11.9 Å². The number of piperidine rings is 1. The quantitative estimate of drug-likeness (QED) is 0.508. The average Bonchev–Trinajstić information content (AvgIpc) is 3.06. The van der Waals surface area contributed by atoms with Crippen molar-refractivity contribution in [3.8, 4) is 0 Å². The molecule has 1 aliphatic carbocycles. The molecule has 1 fully saturated rings. The SMILES string of the molecule is CC(C)OC1C(=O)C2CN(C3CCN(C(=O)OC(C)(C)C)CC3)C=C2C=C1[N+](=O)[O-]. The highest BCUT2D eigenvalue weighted by molar-refractivity contribution is 5.93. The van der Waals surface area contributed by atoms with Crippen molar-refractivity contribution in [2.24, 2.45) is 5.92 Å². The monoisotopic (exact) mass is 421 g/mol. The fraction of sp³-hybridized carbons (Fsp3) is 0.714. The maximum absolute atomic E-state index is 13.0. The van der Waals surface area contributed by atoms with Gasteiger partial charge in [-0.3, -0.25) is 14.9 Å². The predicted octanol–water partition coefficient (Wildman–Crippen LogP) is 2.74. The fourth-order valence-corrected chi connectivity index (χ4v) is 4.14. The van der Waals surface area contributed by atoms with Crippen LogP contribution in [0.3, 0.4) is 0 Å². The Morgan fingerprint density at radius 2 is 1.90 bits per heavy atom.